The summed E-state index contributed by atoms with van der Waals surface area (Å²) < 4.78 is 28.2. The molecule has 0 saturated carbocycles. The Morgan fingerprint density at radius 2 is 1.36 bits per heavy atom. The summed E-state index contributed by atoms with van der Waals surface area (Å²) in [6.07, 6.45) is 3.36. The van der Waals surface area contributed by atoms with Crippen molar-refractivity contribution in [2.75, 3.05) is 65.8 Å². The third-order valence-corrected chi connectivity index (χ3v) is 7.71. The molecule has 0 spiro atoms. The van der Waals surface area contributed by atoms with E-state index in [1.165, 1.54) is 12.2 Å². The second-order valence-electron chi connectivity index (χ2n) is 15.0. The topological polar surface area (TPSA) is 208 Å². The molecule has 16 nitrogen and oxygen atoms in total. The van der Waals surface area contributed by atoms with E-state index in [1.807, 2.05) is 48.5 Å². The quantitative estimate of drug-likeness (QED) is 0.0390. The van der Waals surface area contributed by atoms with E-state index in [1.54, 1.807) is 0 Å². The molecule has 53 heavy (non-hydrogen) atoms. The lowest BCUT2D eigenvalue weighted by molar-refractivity contribution is -0.241. The van der Waals surface area contributed by atoms with Crippen molar-refractivity contribution in [3.63, 3.8) is 0 Å². The summed E-state index contributed by atoms with van der Waals surface area (Å²) in [4.78, 5) is 72.9. The molecule has 0 saturated heterocycles. The van der Waals surface area contributed by atoms with Crippen LogP contribution < -0.4 is 16.0 Å². The molecule has 0 aromatic carbocycles. The van der Waals surface area contributed by atoms with E-state index in [9.17, 15) is 33.9 Å². The molecular weight excluding hydrogens is 692 g/mol. The molecule has 1 aliphatic rings. The number of hydrogen-bond acceptors (Lipinski definition) is 12. The maximum Gasteiger partial charge on any atom is 0.306 e. The molecule has 1 heterocycles. The van der Waals surface area contributed by atoms with E-state index < -0.39 is 35.8 Å². The molecule has 0 aliphatic carbocycles. The van der Waals surface area contributed by atoms with Gasteiger partial charge in [0.1, 0.15) is 6.61 Å². The van der Waals surface area contributed by atoms with Crippen molar-refractivity contribution < 1.29 is 57.6 Å². The van der Waals surface area contributed by atoms with Gasteiger partial charge in [-0.1, -0.05) is 34.1 Å². The van der Waals surface area contributed by atoms with Crippen LogP contribution in [0, 0.1) is 11.3 Å². The summed E-state index contributed by atoms with van der Waals surface area (Å²) in [6, 6.07) is 0. The van der Waals surface area contributed by atoms with Gasteiger partial charge in [-0.15, -0.1) is 0 Å². The first-order valence-corrected chi connectivity index (χ1v) is 18.5. The van der Waals surface area contributed by atoms with E-state index in [2.05, 4.69) is 16.0 Å². The molecule has 1 aliphatic heterocycles. The number of hydrogen-bond donors (Lipinski definition) is 4. The lowest BCUT2D eigenvalue weighted by Gasteiger charge is -2.32. The molecule has 16 heteroatoms. The van der Waals surface area contributed by atoms with Crippen LogP contribution in [-0.2, 0) is 52.5 Å². The third kappa shape index (κ3) is 24.5. The monoisotopic (exact) mass is 756 g/mol. The Bertz CT molecular complexity index is 1160. The largest absolute Gasteiger partial charge is 0.460 e. The first-order valence-electron chi connectivity index (χ1n) is 18.5. The molecule has 1 rings (SSSR count). The van der Waals surface area contributed by atoms with Crippen molar-refractivity contribution in [2.45, 2.75) is 111 Å². The van der Waals surface area contributed by atoms with Crippen molar-refractivity contribution in [3.05, 3.63) is 12.2 Å². The Hall–Kier alpha value is -3.44. The van der Waals surface area contributed by atoms with Gasteiger partial charge in [-0.3, -0.25) is 33.7 Å². The molecular formula is C37H64N4O12. The number of nitrogens with one attached hydrogen (secondary N) is 3. The summed E-state index contributed by atoms with van der Waals surface area (Å²) in [5.41, 5.74) is -0.628. The van der Waals surface area contributed by atoms with Crippen molar-refractivity contribution in [1.29, 1.82) is 0 Å². The molecule has 4 N–H and O–H groups in total. The molecule has 0 aromatic heterocycles. The van der Waals surface area contributed by atoms with Crippen molar-refractivity contribution in [1.82, 2.24) is 20.9 Å². The average molecular weight is 757 g/mol. The van der Waals surface area contributed by atoms with Crippen LogP contribution >= 0.6 is 0 Å². The van der Waals surface area contributed by atoms with E-state index in [4.69, 9.17) is 23.7 Å². The minimum absolute atomic E-state index is 0.00955. The van der Waals surface area contributed by atoms with Gasteiger partial charge in [-0.25, -0.2) is 0 Å². The van der Waals surface area contributed by atoms with Crippen LogP contribution in [0.5, 0.6) is 0 Å². The molecule has 0 bridgehead atoms. The van der Waals surface area contributed by atoms with Gasteiger partial charge in [0.15, 0.2) is 6.29 Å². The van der Waals surface area contributed by atoms with Crippen LogP contribution in [0.2, 0.25) is 0 Å². The van der Waals surface area contributed by atoms with Gasteiger partial charge in [-0.05, 0) is 44.9 Å². The van der Waals surface area contributed by atoms with Crippen molar-refractivity contribution in [2.24, 2.45) is 11.3 Å². The standard InChI is InChI=1S/C37H64N4O12/c1-8-27(23-34(48)51-26-35(53-37(5,6)7)52-28(25-42)24-36(2,3)4)9-10-29(43)38-15-16-39-31(45)14-19-49-21-22-50-20-17-40-30(44)13-18-41-32(46)11-12-33(41)47/h11-12,27-28,35,42H,8-10,13-26H2,1-7H3,(H,38,43)(H,39,45)(H,40,44). The molecule has 5 amide bonds. The molecule has 3 unspecified atom stereocenters. The lowest BCUT2D eigenvalue weighted by Crippen LogP contribution is -2.38. The van der Waals surface area contributed by atoms with Crippen LogP contribution in [0.25, 0.3) is 0 Å². The van der Waals surface area contributed by atoms with Gasteiger partial charge in [0.25, 0.3) is 11.8 Å². The summed E-state index contributed by atoms with van der Waals surface area (Å²) in [5, 5.41) is 18.0. The predicted octanol–water partition coefficient (Wildman–Crippen LogP) is 1.77. The Labute approximate surface area is 314 Å². The number of amides is 5. The maximum absolute atomic E-state index is 12.7. The molecule has 304 valence electrons. The van der Waals surface area contributed by atoms with Crippen LogP contribution in [0.15, 0.2) is 12.2 Å². The Kier molecular flexibility index (Phi) is 22.9. The minimum Gasteiger partial charge on any atom is -0.460 e. The highest BCUT2D eigenvalue weighted by molar-refractivity contribution is 6.13. The zero-order chi connectivity index (χ0) is 39.9. The number of carbonyl (C=O) groups is 6. The van der Waals surface area contributed by atoms with Crippen LogP contribution in [0.3, 0.4) is 0 Å². The van der Waals surface area contributed by atoms with Gasteiger partial charge in [0, 0.05) is 64.0 Å². The Balaban J connectivity index is 2.14. The molecule has 0 radical (unpaired) electrons. The highest BCUT2D eigenvalue weighted by atomic mass is 16.7. The number of imide groups is 1. The summed E-state index contributed by atoms with van der Waals surface area (Å²) in [5.74, 6) is -2.01. The fourth-order valence-corrected chi connectivity index (χ4v) is 5.07. The van der Waals surface area contributed by atoms with E-state index in [0.29, 0.717) is 19.3 Å². The van der Waals surface area contributed by atoms with E-state index in [-0.39, 0.29) is 121 Å². The number of nitrogens with zero attached hydrogens (tertiary/aromatic N) is 1. The highest BCUT2D eigenvalue weighted by Crippen LogP contribution is 2.24. The van der Waals surface area contributed by atoms with Gasteiger partial charge in [-0.2, -0.15) is 0 Å². The first kappa shape index (κ1) is 47.6. The van der Waals surface area contributed by atoms with Crippen LogP contribution in [0.1, 0.15) is 93.4 Å². The fourth-order valence-electron chi connectivity index (χ4n) is 5.07. The minimum atomic E-state index is -0.836. The fraction of sp³-hybridized carbons (Fsp3) is 0.784. The maximum atomic E-state index is 12.7. The van der Waals surface area contributed by atoms with Crippen molar-refractivity contribution >= 4 is 35.5 Å². The molecule has 3 atom stereocenters. The highest BCUT2D eigenvalue weighted by Gasteiger charge is 2.28. The van der Waals surface area contributed by atoms with E-state index >= 15 is 0 Å². The number of aliphatic hydroxyl groups excluding tert-OH is 1. The number of rotatable bonds is 28. The smallest absolute Gasteiger partial charge is 0.306 e. The lowest BCUT2D eigenvalue weighted by atomic mass is 9.89. The summed E-state index contributed by atoms with van der Waals surface area (Å²) >= 11 is 0. The molecule has 0 aromatic rings. The van der Waals surface area contributed by atoms with Gasteiger partial charge >= 0.3 is 5.97 Å². The second-order valence-corrected chi connectivity index (χ2v) is 15.0. The van der Waals surface area contributed by atoms with Gasteiger partial charge in [0.05, 0.1) is 44.7 Å². The van der Waals surface area contributed by atoms with Crippen LogP contribution in [0.4, 0.5) is 0 Å². The number of carbonyl (C=O) groups excluding carboxylic acids is 6. The van der Waals surface area contributed by atoms with Crippen molar-refractivity contribution in [3.8, 4) is 0 Å². The zero-order valence-electron chi connectivity index (χ0n) is 32.8. The normalized spacial score (nSPS) is 14.9. The zero-order valence-corrected chi connectivity index (χ0v) is 32.8. The predicted molar refractivity (Wildman–Crippen MR) is 195 cm³/mol. The number of esters is 1. The molecule has 0 fully saturated rings. The van der Waals surface area contributed by atoms with Gasteiger partial charge in [0.2, 0.25) is 17.7 Å². The second kappa shape index (κ2) is 25.6. The summed E-state index contributed by atoms with van der Waals surface area (Å²) in [7, 11) is 0. The van der Waals surface area contributed by atoms with Gasteiger partial charge < -0.3 is 44.7 Å². The Morgan fingerprint density at radius 1 is 0.792 bits per heavy atom. The van der Waals surface area contributed by atoms with E-state index in [0.717, 1.165) is 4.90 Å². The summed E-state index contributed by atoms with van der Waals surface area (Å²) in [6.45, 7) is 15.2. The Morgan fingerprint density at radius 3 is 1.92 bits per heavy atom. The van der Waals surface area contributed by atoms with Crippen LogP contribution in [-0.4, -0.2) is 129 Å². The number of aliphatic hydroxyl groups is 1. The average Bonchev–Trinajstić information content (AvgIpc) is 3.39. The SMILES string of the molecule is CCC(CCC(=O)NCCNC(=O)CCOCCOCCNC(=O)CCN1C(=O)C=CC1=O)CC(=O)OCC(OC(CO)CC(C)(C)C)OC(C)(C)C. The number of ether oxygens (including phenoxy) is 5. The first-order chi connectivity index (χ1) is 24.9. The third-order valence-electron chi connectivity index (χ3n) is 7.71.